The number of aliphatic carboxylic acids is 1. The maximum Gasteiger partial charge on any atom is 0.417 e. The van der Waals surface area contributed by atoms with Gasteiger partial charge in [0.25, 0.3) is 0 Å². The number of ether oxygens (including phenoxy) is 1. The first kappa shape index (κ1) is 22.4. The van der Waals surface area contributed by atoms with E-state index in [1.165, 1.54) is 12.1 Å². The number of hydrogen-bond donors (Lipinski definition) is 1. The predicted molar refractivity (Wildman–Crippen MR) is 108 cm³/mol. The van der Waals surface area contributed by atoms with Crippen molar-refractivity contribution in [1.29, 1.82) is 0 Å². The van der Waals surface area contributed by atoms with Crippen molar-refractivity contribution in [2.24, 2.45) is 0 Å². The molecular weight excluding hydrogens is 419 g/mol. The van der Waals surface area contributed by atoms with Crippen LogP contribution in [0.4, 0.5) is 13.2 Å². The van der Waals surface area contributed by atoms with E-state index in [-0.39, 0.29) is 5.02 Å². The molecule has 1 fully saturated rings. The third-order valence-corrected chi connectivity index (χ3v) is 5.59. The maximum atomic E-state index is 13.5. The van der Waals surface area contributed by atoms with Crippen molar-refractivity contribution in [2.75, 3.05) is 13.2 Å². The zero-order chi connectivity index (χ0) is 21.9. The Morgan fingerprint density at radius 1 is 1.23 bits per heavy atom. The van der Waals surface area contributed by atoms with Crippen LogP contribution in [0.1, 0.15) is 48.9 Å². The lowest BCUT2D eigenvalue weighted by molar-refractivity contribution is -0.145. The number of rotatable bonds is 6. The molecule has 4 nitrogen and oxygen atoms in total. The number of carbonyl (C=O) groups is 1. The topological polar surface area (TPSA) is 49.8 Å². The van der Waals surface area contributed by atoms with Gasteiger partial charge in [-0.2, -0.15) is 13.2 Å². The fourth-order valence-corrected chi connectivity index (χ4v) is 4.20. The van der Waals surface area contributed by atoms with Crippen molar-refractivity contribution >= 4 is 17.6 Å². The highest BCUT2D eigenvalue weighted by Crippen LogP contribution is 2.40. The molecule has 30 heavy (non-hydrogen) atoms. The number of alkyl halides is 3. The van der Waals surface area contributed by atoms with Gasteiger partial charge in [0.1, 0.15) is 11.8 Å². The van der Waals surface area contributed by atoms with Crippen LogP contribution in [0, 0.1) is 0 Å². The van der Waals surface area contributed by atoms with Crippen LogP contribution in [0.2, 0.25) is 5.02 Å². The Morgan fingerprint density at radius 2 is 1.97 bits per heavy atom. The minimum atomic E-state index is -4.61. The first-order valence-electron chi connectivity index (χ1n) is 9.80. The van der Waals surface area contributed by atoms with Crippen LogP contribution in [-0.2, 0) is 11.0 Å². The Hall–Kier alpha value is -2.25. The molecule has 1 aliphatic rings. The van der Waals surface area contributed by atoms with Crippen molar-refractivity contribution in [2.45, 2.75) is 44.4 Å². The number of piperidine rings is 1. The third kappa shape index (κ3) is 4.90. The molecule has 0 aromatic heterocycles. The number of likely N-dealkylation sites (tertiary alicyclic amines) is 1. The molecule has 0 radical (unpaired) electrons. The summed E-state index contributed by atoms with van der Waals surface area (Å²) in [5.74, 6) is -0.403. The Bertz CT molecular complexity index is 903. The quantitative estimate of drug-likeness (QED) is 0.616. The Morgan fingerprint density at radius 3 is 2.63 bits per heavy atom. The van der Waals surface area contributed by atoms with Crippen LogP contribution >= 0.6 is 11.6 Å². The highest BCUT2D eigenvalue weighted by atomic mass is 35.5. The lowest BCUT2D eigenvalue weighted by Gasteiger charge is -2.40. The Balaban J connectivity index is 2.15. The molecule has 3 rings (SSSR count). The summed E-state index contributed by atoms with van der Waals surface area (Å²) in [6, 6.07) is 9.36. The highest BCUT2D eigenvalue weighted by molar-refractivity contribution is 6.31. The van der Waals surface area contributed by atoms with Crippen LogP contribution < -0.4 is 4.74 Å². The first-order valence-corrected chi connectivity index (χ1v) is 10.2. The fourth-order valence-electron chi connectivity index (χ4n) is 3.97. The van der Waals surface area contributed by atoms with Gasteiger partial charge in [-0.15, -0.1) is 0 Å². The minimum Gasteiger partial charge on any atom is -0.494 e. The van der Waals surface area contributed by atoms with E-state index in [9.17, 15) is 23.1 Å². The van der Waals surface area contributed by atoms with Crippen LogP contribution in [0.15, 0.2) is 42.5 Å². The van der Waals surface area contributed by atoms with E-state index in [0.29, 0.717) is 36.4 Å². The molecule has 0 saturated carbocycles. The van der Waals surface area contributed by atoms with Gasteiger partial charge in [-0.25, -0.2) is 0 Å². The average molecular weight is 442 g/mol. The van der Waals surface area contributed by atoms with Crippen LogP contribution in [0.25, 0.3) is 0 Å². The molecule has 8 heteroatoms. The summed E-state index contributed by atoms with van der Waals surface area (Å²) in [7, 11) is 0. The molecule has 1 N–H and O–H groups in total. The van der Waals surface area contributed by atoms with E-state index in [2.05, 4.69) is 0 Å². The summed E-state index contributed by atoms with van der Waals surface area (Å²) in [6.07, 6.45) is -2.64. The van der Waals surface area contributed by atoms with Crippen molar-refractivity contribution in [3.63, 3.8) is 0 Å². The van der Waals surface area contributed by atoms with Gasteiger partial charge >= 0.3 is 12.1 Å². The second kappa shape index (κ2) is 9.27. The number of nitrogens with zero attached hydrogens (tertiary/aromatic N) is 1. The molecular formula is C22H23ClF3NO3. The summed E-state index contributed by atoms with van der Waals surface area (Å²) < 4.78 is 46.0. The van der Waals surface area contributed by atoms with E-state index in [1.54, 1.807) is 29.2 Å². The number of benzene rings is 2. The Labute approximate surface area is 178 Å². The molecule has 1 saturated heterocycles. The highest BCUT2D eigenvalue weighted by Gasteiger charge is 2.38. The SMILES string of the molecule is CCOc1cccc(C(c2ccc(Cl)c(C(F)(F)F)c2)N2CCCCC2C(=O)O)c1. The second-order valence-corrected chi connectivity index (χ2v) is 7.64. The number of hydrogen-bond acceptors (Lipinski definition) is 3. The normalized spacial score (nSPS) is 18.8. The molecule has 2 atom stereocenters. The number of carboxylic acids is 1. The number of carboxylic acid groups (broad SMARTS) is 1. The van der Waals surface area contributed by atoms with Crippen molar-refractivity contribution in [3.8, 4) is 5.75 Å². The molecule has 0 amide bonds. The van der Waals surface area contributed by atoms with Crippen LogP contribution in [-0.4, -0.2) is 35.2 Å². The maximum absolute atomic E-state index is 13.5. The lowest BCUT2D eigenvalue weighted by atomic mass is 9.90. The van der Waals surface area contributed by atoms with Gasteiger partial charge < -0.3 is 9.84 Å². The summed E-state index contributed by atoms with van der Waals surface area (Å²) in [6.45, 7) is 2.74. The predicted octanol–water partition coefficient (Wildman–Crippen LogP) is 5.79. The number of halogens is 4. The monoisotopic (exact) mass is 441 g/mol. The zero-order valence-corrected chi connectivity index (χ0v) is 17.2. The van der Waals surface area contributed by atoms with Gasteiger partial charge in [0.05, 0.1) is 23.2 Å². The molecule has 0 spiro atoms. The van der Waals surface area contributed by atoms with Gasteiger partial charge in [0.15, 0.2) is 0 Å². The average Bonchev–Trinajstić information content (AvgIpc) is 2.69. The van der Waals surface area contributed by atoms with Gasteiger partial charge in [-0.3, -0.25) is 9.69 Å². The van der Waals surface area contributed by atoms with E-state index in [4.69, 9.17) is 16.3 Å². The molecule has 1 aliphatic heterocycles. The van der Waals surface area contributed by atoms with E-state index in [1.807, 2.05) is 6.92 Å². The zero-order valence-electron chi connectivity index (χ0n) is 16.5. The molecule has 2 aromatic rings. The first-order chi connectivity index (χ1) is 14.2. The molecule has 1 heterocycles. The van der Waals surface area contributed by atoms with E-state index in [0.717, 1.165) is 18.9 Å². The summed E-state index contributed by atoms with van der Waals surface area (Å²) in [5.41, 5.74) is 0.0783. The molecule has 162 valence electrons. The Kier molecular flexibility index (Phi) is 6.93. The summed E-state index contributed by atoms with van der Waals surface area (Å²) >= 11 is 5.82. The molecule has 0 bridgehead atoms. The standard InChI is InChI=1S/C22H23ClF3NO3/c1-2-30-16-7-5-6-14(12-16)20(27-11-4-3-8-19(27)21(28)29)15-9-10-18(23)17(13-15)22(24,25)26/h5-7,9-10,12-13,19-20H,2-4,8,11H2,1H3,(H,28,29). The van der Waals surface area contributed by atoms with Gasteiger partial charge in [0, 0.05) is 0 Å². The summed E-state index contributed by atoms with van der Waals surface area (Å²) in [4.78, 5) is 13.7. The molecule has 2 unspecified atom stereocenters. The van der Waals surface area contributed by atoms with Crippen molar-refractivity contribution in [1.82, 2.24) is 4.90 Å². The fraction of sp³-hybridized carbons (Fsp3) is 0.409. The van der Waals surface area contributed by atoms with Crippen molar-refractivity contribution in [3.05, 3.63) is 64.2 Å². The molecule has 2 aromatic carbocycles. The van der Waals surface area contributed by atoms with Gasteiger partial charge in [0.2, 0.25) is 0 Å². The minimum absolute atomic E-state index is 0.341. The van der Waals surface area contributed by atoms with Crippen LogP contribution in [0.3, 0.4) is 0 Å². The molecule has 0 aliphatic carbocycles. The van der Waals surface area contributed by atoms with Gasteiger partial charge in [-0.05, 0) is 61.7 Å². The largest absolute Gasteiger partial charge is 0.494 e. The second-order valence-electron chi connectivity index (χ2n) is 7.23. The lowest BCUT2D eigenvalue weighted by Crippen LogP contribution is -2.46. The smallest absolute Gasteiger partial charge is 0.417 e. The summed E-state index contributed by atoms with van der Waals surface area (Å²) in [5, 5.41) is 9.36. The van der Waals surface area contributed by atoms with Crippen molar-refractivity contribution < 1.29 is 27.8 Å². The van der Waals surface area contributed by atoms with E-state index >= 15 is 0 Å². The third-order valence-electron chi connectivity index (χ3n) is 5.26. The van der Waals surface area contributed by atoms with Gasteiger partial charge in [-0.1, -0.05) is 36.2 Å². The van der Waals surface area contributed by atoms with Crippen LogP contribution in [0.5, 0.6) is 5.75 Å². The van der Waals surface area contributed by atoms with E-state index < -0.39 is 29.8 Å².